The van der Waals surface area contributed by atoms with Gasteiger partial charge in [-0.2, -0.15) is 0 Å². The Bertz CT molecular complexity index is 378. The van der Waals surface area contributed by atoms with Crippen LogP contribution < -0.4 is 10.1 Å². The molecule has 1 aromatic rings. The molecule has 1 saturated heterocycles. The number of rotatable bonds is 5. The van der Waals surface area contributed by atoms with Crippen LogP contribution in [-0.2, 0) is 4.74 Å². The number of halogens is 1. The van der Waals surface area contributed by atoms with Crippen LogP contribution in [0.2, 0.25) is 5.02 Å². The first-order valence-electron chi connectivity index (χ1n) is 6.53. The highest BCUT2D eigenvalue weighted by molar-refractivity contribution is 6.32. The van der Waals surface area contributed by atoms with E-state index < -0.39 is 0 Å². The average molecular weight is 270 g/mol. The van der Waals surface area contributed by atoms with E-state index in [9.17, 15) is 0 Å². The topological polar surface area (TPSA) is 30.5 Å². The van der Waals surface area contributed by atoms with E-state index in [2.05, 4.69) is 5.32 Å². The van der Waals surface area contributed by atoms with E-state index in [1.165, 1.54) is 0 Å². The van der Waals surface area contributed by atoms with Crippen LogP contribution in [0.3, 0.4) is 0 Å². The fraction of sp³-hybridized carbons (Fsp3) is 0.571. The summed E-state index contributed by atoms with van der Waals surface area (Å²) in [5.41, 5.74) is 1.05. The van der Waals surface area contributed by atoms with Gasteiger partial charge in [0.1, 0.15) is 5.75 Å². The summed E-state index contributed by atoms with van der Waals surface area (Å²) in [7, 11) is 0. The molecule has 0 spiro atoms. The van der Waals surface area contributed by atoms with Crippen molar-refractivity contribution in [1.82, 2.24) is 0 Å². The normalized spacial score (nSPS) is 16.6. The van der Waals surface area contributed by atoms with Crippen molar-refractivity contribution in [2.75, 3.05) is 31.7 Å². The molecule has 0 saturated carbocycles. The highest BCUT2D eigenvalue weighted by Gasteiger charge is 2.13. The minimum Gasteiger partial charge on any atom is -0.492 e. The van der Waals surface area contributed by atoms with Gasteiger partial charge in [-0.3, -0.25) is 0 Å². The molecular weight excluding hydrogens is 250 g/mol. The summed E-state index contributed by atoms with van der Waals surface area (Å²) in [6, 6.07) is 5.85. The number of nitrogens with one attached hydrogen (secondary N) is 1. The van der Waals surface area contributed by atoms with E-state index in [-0.39, 0.29) is 0 Å². The Morgan fingerprint density at radius 2 is 2.17 bits per heavy atom. The summed E-state index contributed by atoms with van der Waals surface area (Å²) in [4.78, 5) is 0. The Hall–Kier alpha value is -0.930. The van der Waals surface area contributed by atoms with Gasteiger partial charge < -0.3 is 14.8 Å². The van der Waals surface area contributed by atoms with Crippen molar-refractivity contribution in [1.29, 1.82) is 0 Å². The molecule has 0 aromatic heterocycles. The van der Waals surface area contributed by atoms with Crippen molar-refractivity contribution >= 4 is 17.3 Å². The zero-order valence-electron chi connectivity index (χ0n) is 10.7. The van der Waals surface area contributed by atoms with E-state index in [1.807, 2.05) is 25.1 Å². The number of hydrogen-bond donors (Lipinski definition) is 1. The van der Waals surface area contributed by atoms with Gasteiger partial charge in [-0.1, -0.05) is 11.6 Å². The lowest BCUT2D eigenvalue weighted by Gasteiger charge is -2.22. The Morgan fingerprint density at radius 3 is 2.83 bits per heavy atom. The van der Waals surface area contributed by atoms with Gasteiger partial charge in [0.05, 0.1) is 11.6 Å². The largest absolute Gasteiger partial charge is 0.492 e. The van der Waals surface area contributed by atoms with Crippen LogP contribution in [0.15, 0.2) is 18.2 Å². The van der Waals surface area contributed by atoms with Gasteiger partial charge in [0.25, 0.3) is 0 Å². The molecule has 4 heteroatoms. The van der Waals surface area contributed by atoms with Crippen molar-refractivity contribution in [3.8, 4) is 5.75 Å². The fourth-order valence-electron chi connectivity index (χ4n) is 2.10. The van der Waals surface area contributed by atoms with E-state index >= 15 is 0 Å². The van der Waals surface area contributed by atoms with Crippen LogP contribution in [0.1, 0.15) is 19.8 Å². The van der Waals surface area contributed by atoms with Gasteiger partial charge in [-0.15, -0.1) is 0 Å². The van der Waals surface area contributed by atoms with E-state index in [0.717, 1.165) is 44.0 Å². The van der Waals surface area contributed by atoms with Gasteiger partial charge in [-0.05, 0) is 43.9 Å². The van der Waals surface area contributed by atoms with Gasteiger partial charge in [0.2, 0.25) is 0 Å². The molecule has 0 atom stereocenters. The Labute approximate surface area is 113 Å². The molecule has 1 heterocycles. The molecule has 0 amide bonds. The van der Waals surface area contributed by atoms with Crippen LogP contribution in [0.4, 0.5) is 5.69 Å². The molecule has 3 nitrogen and oxygen atoms in total. The van der Waals surface area contributed by atoms with E-state index in [0.29, 0.717) is 17.5 Å². The third-order valence-corrected chi connectivity index (χ3v) is 3.46. The number of anilines is 1. The second kappa shape index (κ2) is 6.86. The summed E-state index contributed by atoms with van der Waals surface area (Å²) in [6.07, 6.45) is 2.27. The molecule has 0 bridgehead atoms. The van der Waals surface area contributed by atoms with Crippen molar-refractivity contribution in [3.63, 3.8) is 0 Å². The van der Waals surface area contributed by atoms with Crippen molar-refractivity contribution in [3.05, 3.63) is 23.2 Å². The van der Waals surface area contributed by atoms with E-state index in [4.69, 9.17) is 21.1 Å². The zero-order valence-corrected chi connectivity index (χ0v) is 11.5. The van der Waals surface area contributed by atoms with E-state index in [1.54, 1.807) is 0 Å². The monoisotopic (exact) mass is 269 g/mol. The summed E-state index contributed by atoms with van der Waals surface area (Å²) in [5.74, 6) is 1.44. The Morgan fingerprint density at radius 1 is 1.39 bits per heavy atom. The predicted molar refractivity (Wildman–Crippen MR) is 74.7 cm³/mol. The van der Waals surface area contributed by atoms with Crippen LogP contribution in [-0.4, -0.2) is 26.4 Å². The van der Waals surface area contributed by atoms with Crippen LogP contribution in [0.25, 0.3) is 0 Å². The smallest absolute Gasteiger partial charge is 0.138 e. The average Bonchev–Trinajstić information content (AvgIpc) is 2.41. The SMILES string of the molecule is CCOc1ccc(NCC2CCOCC2)cc1Cl. The molecule has 2 rings (SSSR count). The first-order chi connectivity index (χ1) is 8.79. The quantitative estimate of drug-likeness (QED) is 0.886. The first-order valence-corrected chi connectivity index (χ1v) is 6.91. The zero-order chi connectivity index (χ0) is 12.8. The molecule has 0 aliphatic carbocycles. The second-order valence-electron chi connectivity index (χ2n) is 4.51. The minimum atomic E-state index is 0.634. The number of hydrogen-bond acceptors (Lipinski definition) is 3. The molecular formula is C14H20ClNO2. The molecule has 1 aliphatic heterocycles. The Kier molecular flexibility index (Phi) is 5.14. The van der Waals surface area contributed by atoms with Gasteiger partial charge in [-0.25, -0.2) is 0 Å². The van der Waals surface area contributed by atoms with Gasteiger partial charge in [0, 0.05) is 25.4 Å². The van der Waals surface area contributed by atoms with Crippen molar-refractivity contribution < 1.29 is 9.47 Å². The highest BCUT2D eigenvalue weighted by Crippen LogP contribution is 2.28. The maximum Gasteiger partial charge on any atom is 0.138 e. The van der Waals surface area contributed by atoms with Crippen molar-refractivity contribution in [2.24, 2.45) is 5.92 Å². The molecule has 0 unspecified atom stereocenters. The molecule has 0 radical (unpaired) electrons. The number of ether oxygens (including phenoxy) is 2. The summed E-state index contributed by atoms with van der Waals surface area (Å²) >= 11 is 6.14. The summed E-state index contributed by atoms with van der Waals surface area (Å²) < 4.78 is 10.8. The molecule has 1 aromatic carbocycles. The van der Waals surface area contributed by atoms with Gasteiger partial charge in [0.15, 0.2) is 0 Å². The standard InChI is InChI=1S/C14H20ClNO2/c1-2-18-14-4-3-12(9-13(14)15)16-10-11-5-7-17-8-6-11/h3-4,9,11,16H,2,5-8,10H2,1H3. The summed E-state index contributed by atoms with van der Waals surface area (Å²) in [5, 5.41) is 4.09. The first kappa shape index (κ1) is 13.5. The minimum absolute atomic E-state index is 0.634. The predicted octanol–water partition coefficient (Wildman–Crippen LogP) is 3.58. The van der Waals surface area contributed by atoms with Gasteiger partial charge >= 0.3 is 0 Å². The highest BCUT2D eigenvalue weighted by atomic mass is 35.5. The van der Waals surface area contributed by atoms with Crippen LogP contribution in [0.5, 0.6) is 5.75 Å². The summed E-state index contributed by atoms with van der Waals surface area (Å²) in [6.45, 7) is 5.34. The lowest BCUT2D eigenvalue weighted by Crippen LogP contribution is -2.22. The third-order valence-electron chi connectivity index (χ3n) is 3.17. The molecule has 1 aliphatic rings. The molecule has 18 heavy (non-hydrogen) atoms. The fourth-order valence-corrected chi connectivity index (χ4v) is 2.33. The van der Waals surface area contributed by atoms with Crippen LogP contribution in [0, 0.1) is 5.92 Å². The maximum atomic E-state index is 6.14. The lowest BCUT2D eigenvalue weighted by molar-refractivity contribution is 0.0699. The maximum absolute atomic E-state index is 6.14. The van der Waals surface area contributed by atoms with Crippen LogP contribution >= 0.6 is 11.6 Å². The lowest BCUT2D eigenvalue weighted by atomic mass is 10.0. The molecule has 1 fully saturated rings. The second-order valence-corrected chi connectivity index (χ2v) is 4.92. The third kappa shape index (κ3) is 3.79. The Balaban J connectivity index is 1.87. The molecule has 100 valence electrons. The van der Waals surface area contributed by atoms with Crippen molar-refractivity contribution in [2.45, 2.75) is 19.8 Å². The molecule has 1 N–H and O–H groups in total. The number of benzene rings is 1.